The van der Waals surface area contributed by atoms with Gasteiger partial charge in [0.25, 0.3) is 0 Å². The molecule has 0 atom stereocenters. The van der Waals surface area contributed by atoms with Gasteiger partial charge in [-0.15, -0.1) is 0 Å². The summed E-state index contributed by atoms with van der Waals surface area (Å²) < 4.78 is 108. The molecule has 0 aliphatic rings. The van der Waals surface area contributed by atoms with Crippen molar-refractivity contribution in [3.8, 4) is 67.8 Å². The minimum atomic E-state index is -0.603. The molecule has 0 saturated heterocycles. The van der Waals surface area contributed by atoms with Crippen LogP contribution in [0.4, 0.5) is 5.69 Å². The molecule has 10 aromatic carbocycles. The van der Waals surface area contributed by atoms with E-state index in [2.05, 4.69) is 79.9 Å². The number of rotatable bonds is 9. The van der Waals surface area contributed by atoms with E-state index in [9.17, 15) is 5.48 Å². The van der Waals surface area contributed by atoms with E-state index < -0.39 is 60.4 Å². The third-order valence-electron chi connectivity index (χ3n) is 14.4. The molecular formula is C71H48N6OPt-2. The molecule has 14 aromatic rings. The molecule has 0 fully saturated rings. The molecule has 0 N–H and O–H groups in total. The predicted octanol–water partition coefficient (Wildman–Crippen LogP) is 18.3. The third-order valence-corrected chi connectivity index (χ3v) is 15.4. The van der Waals surface area contributed by atoms with Crippen molar-refractivity contribution >= 4 is 60.3 Å². The van der Waals surface area contributed by atoms with E-state index >= 15 is 0 Å². The monoisotopic (exact) mass is 1210 g/mol. The van der Waals surface area contributed by atoms with E-state index in [0.717, 1.165) is 60.6 Å². The second kappa shape index (κ2) is 19.1. The molecule has 0 aliphatic carbocycles. The molecule has 0 radical (unpaired) electrons. The molecule has 0 spiro atoms. The van der Waals surface area contributed by atoms with Gasteiger partial charge in [-0.3, -0.25) is 0 Å². The van der Waals surface area contributed by atoms with Crippen LogP contribution < -0.4 is 4.74 Å². The summed E-state index contributed by atoms with van der Waals surface area (Å²) in [4.78, 5) is 8.53. The number of ether oxygens (including phenoxy) is 1. The molecule has 0 unspecified atom stereocenters. The average molecular weight is 1210 g/mol. The number of fused-ring (bicyclic) bond motifs is 7. The van der Waals surface area contributed by atoms with Crippen LogP contribution in [0, 0.1) is 22.5 Å². The molecule has 380 valence electrons. The molecule has 0 amide bonds. The van der Waals surface area contributed by atoms with Crippen LogP contribution in [-0.2, 0) is 24.8 Å². The molecule has 4 heterocycles. The zero-order chi connectivity index (χ0) is 62.1. The first-order valence-electron chi connectivity index (χ1n) is 30.5. The Kier molecular flexibility index (Phi) is 9.22. The van der Waals surface area contributed by atoms with E-state index in [1.807, 2.05) is 147 Å². The van der Waals surface area contributed by atoms with E-state index in [1.54, 1.807) is 24.3 Å². The number of para-hydroxylation sites is 5. The van der Waals surface area contributed by atoms with Crippen LogP contribution in [-0.4, -0.2) is 23.3 Å². The number of nitrogens with zero attached hydrogens (tertiary/aromatic N) is 6. The van der Waals surface area contributed by atoms with E-state index in [1.165, 1.54) is 0 Å². The number of aromatic nitrogens is 5. The first-order valence-corrected chi connectivity index (χ1v) is 26.6. The molecule has 7 nitrogen and oxygen atoms in total. The van der Waals surface area contributed by atoms with Gasteiger partial charge in [-0.2, -0.15) is 0 Å². The maximum absolute atomic E-state index is 9.66. The van der Waals surface area contributed by atoms with Crippen LogP contribution >= 0.6 is 0 Å². The molecule has 0 bridgehead atoms. The fourth-order valence-electron chi connectivity index (χ4n) is 10.8. The van der Waals surface area contributed by atoms with Crippen molar-refractivity contribution < 1.29 is 37.8 Å². The molecule has 8 heteroatoms. The van der Waals surface area contributed by atoms with Gasteiger partial charge in [-0.1, -0.05) is 32.9 Å². The number of benzene rings is 10. The number of hydrogen-bond acceptors (Lipinski definition) is 2. The van der Waals surface area contributed by atoms with Gasteiger partial charge < -0.3 is 0 Å². The summed E-state index contributed by atoms with van der Waals surface area (Å²) in [6, 6.07) is 55.3. The van der Waals surface area contributed by atoms with Crippen molar-refractivity contribution in [2.24, 2.45) is 0 Å². The molecule has 4 aromatic heterocycles. The summed E-state index contributed by atoms with van der Waals surface area (Å²) >= 11 is 2.18. The Morgan fingerprint density at radius 3 is 1.67 bits per heavy atom. The molecule has 0 saturated carbocycles. The van der Waals surface area contributed by atoms with Gasteiger partial charge in [0.15, 0.2) is 0 Å². The van der Waals surface area contributed by atoms with Gasteiger partial charge in [0, 0.05) is 6.20 Å². The normalized spacial score (nSPS) is 13.6. The fraction of sp³-hybridized carbons (Fsp3) is 0.0563. The van der Waals surface area contributed by atoms with Crippen molar-refractivity contribution in [3.63, 3.8) is 0 Å². The van der Waals surface area contributed by atoms with Gasteiger partial charge in [-0.05, 0) is 17.0 Å². The zero-order valence-corrected chi connectivity index (χ0v) is 44.9. The van der Waals surface area contributed by atoms with Crippen LogP contribution in [0.25, 0.3) is 116 Å². The second-order valence-electron chi connectivity index (χ2n) is 20.1. The average Bonchev–Trinajstić information content (AvgIpc) is 1.70. The van der Waals surface area contributed by atoms with Crippen molar-refractivity contribution in [3.05, 3.63) is 269 Å². The van der Waals surface area contributed by atoms with Crippen LogP contribution in [0.5, 0.6) is 11.5 Å². The number of hydrogen-bond donors (Lipinski definition) is 0. The third kappa shape index (κ3) is 8.23. The number of pyridine rings is 1. The van der Waals surface area contributed by atoms with Gasteiger partial charge >= 0.3 is 429 Å². The van der Waals surface area contributed by atoms with Gasteiger partial charge in [0.1, 0.15) is 0 Å². The topological polar surface area (TPSA) is 46.2 Å². The molecule has 79 heavy (non-hydrogen) atoms. The van der Waals surface area contributed by atoms with E-state index in [0.29, 0.717) is 49.0 Å². The van der Waals surface area contributed by atoms with Gasteiger partial charge in [-0.25, -0.2) is 0 Å². The summed E-state index contributed by atoms with van der Waals surface area (Å²) in [5.41, 5.74) is 8.14. The SMILES string of the molecule is [2H]c1c([2H])c([2H])c(-c2cc(-n3c4ccccc4c4ccccc43)cc(-c3c([2H])c([2H])c([2H])c([2H])c3[2H])c2-n2[c](=[Pt])n(-c3[c-]c(Oc4[c-]c5c(cc4)c4ccccc4n5-c4cc(C(C)(C)C)ccn4)cc(-c4ccc([N+]#[C-])cc4)c3)c3ccccc32)c([2H])c1[2H]. The quantitative estimate of drug-likeness (QED) is 0.135. The van der Waals surface area contributed by atoms with Crippen LogP contribution in [0.1, 0.15) is 40.0 Å². The van der Waals surface area contributed by atoms with E-state index in [4.69, 9.17) is 24.5 Å². The summed E-state index contributed by atoms with van der Waals surface area (Å²) in [5, 5.41) is 3.76. The Morgan fingerprint density at radius 2 is 1.08 bits per heavy atom. The minimum absolute atomic E-state index is 0.111. The summed E-state index contributed by atoms with van der Waals surface area (Å²) in [6.07, 6.45) is 1.83. The van der Waals surface area contributed by atoms with Crippen molar-refractivity contribution in [2.45, 2.75) is 26.2 Å². The van der Waals surface area contributed by atoms with Crippen LogP contribution in [0.15, 0.2) is 236 Å². The Morgan fingerprint density at radius 1 is 0.519 bits per heavy atom. The first-order chi connectivity index (χ1) is 42.8. The van der Waals surface area contributed by atoms with Crippen molar-refractivity contribution in [1.82, 2.24) is 23.3 Å². The molecule has 14 rings (SSSR count). The predicted molar refractivity (Wildman–Crippen MR) is 318 cm³/mol. The van der Waals surface area contributed by atoms with E-state index in [-0.39, 0.29) is 33.4 Å². The maximum atomic E-state index is 9.66. The Hall–Kier alpha value is -9.60. The van der Waals surface area contributed by atoms with Crippen molar-refractivity contribution in [2.75, 3.05) is 0 Å². The Labute approximate surface area is 482 Å². The molecular weight excluding hydrogens is 1150 g/mol. The zero-order valence-electron chi connectivity index (χ0n) is 52.7. The summed E-state index contributed by atoms with van der Waals surface area (Å²) in [5.74, 6) is 1.41. The standard InChI is InChI=1S/C71H48N6O.Pt/c1-71(2,3)51-37-38-73-69(41-51)77-65-28-16-13-25-59(65)60-36-35-55(45-68(60)77)78-56-40-50(47-31-33-52(72-4)34-32-47)39-53(42-56)74-46-75(67-30-18-17-29-66(67)74)70-61(48-19-7-5-8-20-48)43-54(44-62(70)49-21-9-6-10-22-49)76-63-26-14-11-23-57(63)58-24-12-15-27-64(58)76;/h5-41,43-44H,1-3H3;/q-2;/i5D,6D,7D,8D,9D,10D,19D,20D,21D,22D;. The molecule has 0 aliphatic heterocycles. The summed E-state index contributed by atoms with van der Waals surface area (Å²) in [6.45, 7) is 14.2. The number of imidazole rings is 1. The first kappa shape index (κ1) is 38.0. The van der Waals surface area contributed by atoms with Gasteiger partial charge in [0.05, 0.1) is 0 Å². The Balaban J connectivity index is 1.06. The fourth-order valence-corrected chi connectivity index (χ4v) is 11.9. The van der Waals surface area contributed by atoms with Crippen LogP contribution in [0.3, 0.4) is 0 Å². The Bertz CT molecular complexity index is 5260. The van der Waals surface area contributed by atoms with Crippen LogP contribution in [0.2, 0.25) is 0 Å². The van der Waals surface area contributed by atoms with Crippen molar-refractivity contribution in [1.29, 1.82) is 0 Å². The summed E-state index contributed by atoms with van der Waals surface area (Å²) in [7, 11) is 0. The second-order valence-corrected chi connectivity index (χ2v) is 21.1. The van der Waals surface area contributed by atoms with Gasteiger partial charge in [0.2, 0.25) is 0 Å².